The van der Waals surface area contributed by atoms with Gasteiger partial charge in [-0.05, 0) is 20.3 Å². The number of hydrogen-bond donors (Lipinski definition) is 0. The summed E-state index contributed by atoms with van der Waals surface area (Å²) >= 11 is 1.69. The van der Waals surface area contributed by atoms with E-state index in [-0.39, 0.29) is 11.9 Å². The Balaban J connectivity index is 1.56. The largest absolute Gasteiger partial charge is 0.340 e. The lowest BCUT2D eigenvalue weighted by Crippen LogP contribution is -2.39. The summed E-state index contributed by atoms with van der Waals surface area (Å²) in [5.74, 6) is 0.113. The predicted octanol–water partition coefficient (Wildman–Crippen LogP) is 1.34. The van der Waals surface area contributed by atoms with Crippen LogP contribution in [-0.4, -0.2) is 61.6 Å². The van der Waals surface area contributed by atoms with Crippen molar-refractivity contribution >= 4 is 17.2 Å². The van der Waals surface area contributed by atoms with Crippen LogP contribution in [-0.2, 0) is 11.3 Å². The minimum atomic E-state index is -0.301. The first-order valence-electron chi connectivity index (χ1n) is 7.90. The summed E-state index contributed by atoms with van der Waals surface area (Å²) in [6.07, 6.45) is 4.04. The lowest BCUT2D eigenvalue weighted by Gasteiger charge is -2.24. The maximum Gasteiger partial charge on any atom is 0.247 e. The molecule has 1 saturated heterocycles. The fraction of sp³-hybridized carbons (Fsp3) is 0.600. The van der Waals surface area contributed by atoms with Gasteiger partial charge < -0.3 is 4.90 Å². The average molecular weight is 334 g/mol. The molecular formula is C15H22N6OS. The molecular weight excluding hydrogens is 312 g/mol. The lowest BCUT2D eigenvalue weighted by molar-refractivity contribution is -0.134. The summed E-state index contributed by atoms with van der Waals surface area (Å²) in [6.45, 7) is 8.20. The molecule has 1 atom stereocenters. The van der Waals surface area contributed by atoms with Gasteiger partial charge in [-0.1, -0.05) is 0 Å². The minimum Gasteiger partial charge on any atom is -0.340 e. The second-order valence-electron chi connectivity index (χ2n) is 5.86. The summed E-state index contributed by atoms with van der Waals surface area (Å²) in [5.41, 5.74) is 1.13. The van der Waals surface area contributed by atoms with E-state index < -0.39 is 0 Å². The molecule has 0 spiro atoms. The Labute approximate surface area is 140 Å². The van der Waals surface area contributed by atoms with Crippen LogP contribution in [0.1, 0.15) is 30.1 Å². The number of carbonyl (C=O) groups excluding carboxylic acids is 1. The molecule has 8 heteroatoms. The quantitative estimate of drug-likeness (QED) is 0.844. The first kappa shape index (κ1) is 16.1. The molecule has 0 bridgehead atoms. The van der Waals surface area contributed by atoms with Crippen LogP contribution < -0.4 is 0 Å². The molecule has 7 nitrogen and oxygen atoms in total. The average Bonchev–Trinajstić information content (AvgIpc) is 3.15. The zero-order valence-corrected chi connectivity index (χ0v) is 14.4. The highest BCUT2D eigenvalue weighted by molar-refractivity contribution is 7.09. The second-order valence-corrected chi connectivity index (χ2v) is 6.93. The van der Waals surface area contributed by atoms with E-state index in [0.717, 1.165) is 49.8 Å². The fourth-order valence-corrected chi connectivity index (χ4v) is 3.46. The Morgan fingerprint density at radius 3 is 2.91 bits per heavy atom. The normalized spacial score (nSPS) is 17.9. The van der Waals surface area contributed by atoms with Crippen LogP contribution in [0.15, 0.2) is 18.0 Å². The number of amides is 1. The van der Waals surface area contributed by atoms with E-state index >= 15 is 0 Å². The van der Waals surface area contributed by atoms with Gasteiger partial charge in [0.15, 0.2) is 0 Å². The van der Waals surface area contributed by atoms with Crippen LogP contribution in [0.2, 0.25) is 0 Å². The van der Waals surface area contributed by atoms with Crippen molar-refractivity contribution in [2.45, 2.75) is 32.9 Å². The molecule has 2 aromatic heterocycles. The van der Waals surface area contributed by atoms with Crippen molar-refractivity contribution in [2.75, 3.05) is 26.2 Å². The van der Waals surface area contributed by atoms with Crippen molar-refractivity contribution in [3.8, 4) is 0 Å². The van der Waals surface area contributed by atoms with Gasteiger partial charge in [0.25, 0.3) is 0 Å². The van der Waals surface area contributed by atoms with E-state index in [2.05, 4.69) is 25.3 Å². The van der Waals surface area contributed by atoms with E-state index in [1.54, 1.807) is 22.3 Å². The predicted molar refractivity (Wildman–Crippen MR) is 88.1 cm³/mol. The molecule has 0 saturated carbocycles. The van der Waals surface area contributed by atoms with Crippen LogP contribution in [0.25, 0.3) is 0 Å². The van der Waals surface area contributed by atoms with Gasteiger partial charge in [0.05, 0.1) is 10.7 Å². The lowest BCUT2D eigenvalue weighted by atomic mass is 10.2. The maximum absolute atomic E-state index is 12.6. The summed E-state index contributed by atoms with van der Waals surface area (Å²) in [7, 11) is 0. The molecule has 0 aliphatic carbocycles. The van der Waals surface area contributed by atoms with Gasteiger partial charge in [0, 0.05) is 38.1 Å². The van der Waals surface area contributed by atoms with E-state index in [4.69, 9.17) is 0 Å². The molecule has 0 unspecified atom stereocenters. The van der Waals surface area contributed by atoms with Crippen molar-refractivity contribution < 1.29 is 4.79 Å². The number of thiazole rings is 1. The molecule has 3 rings (SSSR count). The van der Waals surface area contributed by atoms with Crippen LogP contribution in [0.4, 0.5) is 0 Å². The number of aromatic nitrogens is 4. The van der Waals surface area contributed by atoms with Crippen molar-refractivity contribution in [3.63, 3.8) is 0 Å². The molecule has 23 heavy (non-hydrogen) atoms. The fourth-order valence-electron chi connectivity index (χ4n) is 2.85. The van der Waals surface area contributed by atoms with Crippen LogP contribution >= 0.6 is 11.3 Å². The van der Waals surface area contributed by atoms with Crippen molar-refractivity contribution in [1.29, 1.82) is 0 Å². The smallest absolute Gasteiger partial charge is 0.247 e. The molecule has 1 fully saturated rings. The van der Waals surface area contributed by atoms with Crippen LogP contribution in [0.3, 0.4) is 0 Å². The molecule has 124 valence electrons. The molecule has 3 heterocycles. The van der Waals surface area contributed by atoms with E-state index in [0.29, 0.717) is 0 Å². The highest BCUT2D eigenvalue weighted by atomic mass is 32.1. The number of hydrogen-bond acceptors (Lipinski definition) is 6. The third-order valence-electron chi connectivity index (χ3n) is 4.14. The highest BCUT2D eigenvalue weighted by Crippen LogP contribution is 2.14. The highest BCUT2D eigenvalue weighted by Gasteiger charge is 2.25. The minimum absolute atomic E-state index is 0.113. The second kappa shape index (κ2) is 7.18. The third kappa shape index (κ3) is 3.94. The number of aryl methyl sites for hydroxylation is 1. The van der Waals surface area contributed by atoms with E-state index in [1.165, 1.54) is 6.33 Å². The third-order valence-corrected chi connectivity index (χ3v) is 4.97. The summed E-state index contributed by atoms with van der Waals surface area (Å²) in [6, 6.07) is -0.301. The molecule has 2 aromatic rings. The Bertz CT molecular complexity index is 640. The van der Waals surface area contributed by atoms with E-state index in [1.807, 2.05) is 18.7 Å². The monoisotopic (exact) mass is 334 g/mol. The van der Waals surface area contributed by atoms with Crippen molar-refractivity contribution in [3.05, 3.63) is 28.7 Å². The SMILES string of the molecule is Cc1nc(CN2CCCN(C(=O)[C@H](C)n3cncn3)CC2)cs1. The summed E-state index contributed by atoms with van der Waals surface area (Å²) in [5, 5.41) is 7.30. The molecule has 0 aromatic carbocycles. The first-order valence-corrected chi connectivity index (χ1v) is 8.77. The number of carbonyl (C=O) groups is 1. The van der Waals surface area contributed by atoms with Gasteiger partial charge in [0.2, 0.25) is 5.91 Å². The number of nitrogens with zero attached hydrogens (tertiary/aromatic N) is 6. The zero-order chi connectivity index (χ0) is 16.2. The Hall–Kier alpha value is -1.80. The molecule has 1 aliphatic heterocycles. The first-order chi connectivity index (χ1) is 11.1. The van der Waals surface area contributed by atoms with Crippen molar-refractivity contribution in [2.24, 2.45) is 0 Å². The Morgan fingerprint density at radius 2 is 2.22 bits per heavy atom. The summed E-state index contributed by atoms with van der Waals surface area (Å²) in [4.78, 5) is 25.4. The Kier molecular flexibility index (Phi) is 5.02. The van der Waals surface area contributed by atoms with Gasteiger partial charge in [-0.15, -0.1) is 11.3 Å². The molecule has 0 radical (unpaired) electrons. The van der Waals surface area contributed by atoms with Crippen LogP contribution in [0.5, 0.6) is 0 Å². The molecule has 1 aliphatic rings. The maximum atomic E-state index is 12.6. The topological polar surface area (TPSA) is 67.2 Å². The Morgan fingerprint density at radius 1 is 1.35 bits per heavy atom. The van der Waals surface area contributed by atoms with Crippen LogP contribution in [0, 0.1) is 6.92 Å². The molecule has 1 amide bonds. The van der Waals surface area contributed by atoms with Gasteiger partial charge >= 0.3 is 0 Å². The van der Waals surface area contributed by atoms with Gasteiger partial charge in [0.1, 0.15) is 18.7 Å². The van der Waals surface area contributed by atoms with Gasteiger partial charge in [-0.25, -0.2) is 14.6 Å². The molecule has 0 N–H and O–H groups in total. The summed E-state index contributed by atoms with van der Waals surface area (Å²) < 4.78 is 1.61. The van der Waals surface area contributed by atoms with Crippen molar-refractivity contribution in [1.82, 2.24) is 29.5 Å². The standard InChI is InChI=1S/C15H22N6OS/c1-12(21-11-16-10-17-21)15(22)20-5-3-4-19(6-7-20)8-14-9-23-13(2)18-14/h9-12H,3-8H2,1-2H3/t12-/m0/s1. The van der Waals surface area contributed by atoms with Gasteiger partial charge in [-0.3, -0.25) is 9.69 Å². The van der Waals surface area contributed by atoms with E-state index in [9.17, 15) is 4.79 Å². The van der Waals surface area contributed by atoms with Gasteiger partial charge in [-0.2, -0.15) is 5.10 Å². The number of rotatable bonds is 4. The zero-order valence-electron chi connectivity index (χ0n) is 13.6.